The van der Waals surface area contributed by atoms with Gasteiger partial charge >= 0.3 is 0 Å². The Labute approximate surface area is 96.9 Å². The summed E-state index contributed by atoms with van der Waals surface area (Å²) in [6.07, 6.45) is 1.44. The summed E-state index contributed by atoms with van der Waals surface area (Å²) in [5.41, 5.74) is 2.37. The van der Waals surface area contributed by atoms with Crippen molar-refractivity contribution in [2.24, 2.45) is 0 Å². The minimum Gasteiger partial charge on any atom is -0.450 e. The van der Waals surface area contributed by atoms with Crippen LogP contribution in [0.1, 0.15) is 11.1 Å². The van der Waals surface area contributed by atoms with Crippen LogP contribution >= 0.6 is 0 Å². The lowest BCUT2D eigenvalue weighted by Gasteiger charge is -2.06. The molecule has 0 saturated heterocycles. The Morgan fingerprint density at radius 1 is 0.688 bits per heavy atom. The van der Waals surface area contributed by atoms with E-state index in [1.807, 2.05) is 60.7 Å². The molecule has 1 N–H and O–H groups in total. The number of benzene rings is 2. The Hall–Kier alpha value is -1.54. The Morgan fingerprint density at radius 2 is 1.06 bits per heavy atom. The van der Waals surface area contributed by atoms with E-state index in [1.165, 1.54) is 11.1 Å². The molecule has 0 aliphatic rings. The third-order valence-corrected chi connectivity index (χ3v) is 2.63. The normalized spacial score (nSPS) is 10.1. The highest BCUT2D eigenvalue weighted by molar-refractivity contribution is 6.49. The SMILES string of the molecule is OB(Cc1ccccc1)Cc1ccccc1. The van der Waals surface area contributed by atoms with Crippen molar-refractivity contribution in [3.05, 3.63) is 71.8 Å². The summed E-state index contributed by atoms with van der Waals surface area (Å²) < 4.78 is 0. The summed E-state index contributed by atoms with van der Waals surface area (Å²) in [4.78, 5) is 0. The molecular formula is C14H15BO. The molecule has 0 heterocycles. The Bertz CT molecular complexity index is 372. The molecule has 0 aliphatic heterocycles. The molecule has 2 heteroatoms. The van der Waals surface area contributed by atoms with E-state index < -0.39 is 0 Å². The van der Waals surface area contributed by atoms with Crippen LogP contribution in [0.4, 0.5) is 0 Å². The predicted octanol–water partition coefficient (Wildman–Crippen LogP) is 2.53. The molecule has 2 rings (SSSR count). The first-order chi connectivity index (χ1) is 7.84. The molecule has 0 saturated carbocycles. The summed E-state index contributed by atoms with van der Waals surface area (Å²) in [6.45, 7) is -0.301. The monoisotopic (exact) mass is 210 g/mol. The van der Waals surface area contributed by atoms with Crippen LogP contribution < -0.4 is 0 Å². The lowest BCUT2D eigenvalue weighted by Crippen LogP contribution is -2.20. The second-order valence-electron chi connectivity index (χ2n) is 4.03. The summed E-state index contributed by atoms with van der Waals surface area (Å²) in [7, 11) is 0. The molecule has 0 aromatic heterocycles. The van der Waals surface area contributed by atoms with E-state index in [1.54, 1.807) is 0 Å². The smallest absolute Gasteiger partial charge is 0.297 e. The molecule has 0 aliphatic carbocycles. The maximum Gasteiger partial charge on any atom is 0.297 e. The van der Waals surface area contributed by atoms with Gasteiger partial charge in [-0.05, 0) is 12.6 Å². The van der Waals surface area contributed by atoms with Crippen molar-refractivity contribution in [1.29, 1.82) is 0 Å². The van der Waals surface area contributed by atoms with Crippen LogP contribution in [-0.4, -0.2) is 11.9 Å². The van der Waals surface area contributed by atoms with E-state index in [2.05, 4.69) is 0 Å². The van der Waals surface area contributed by atoms with Gasteiger partial charge in [0, 0.05) is 0 Å². The predicted molar refractivity (Wildman–Crippen MR) is 68.3 cm³/mol. The number of hydrogen-bond donors (Lipinski definition) is 1. The van der Waals surface area contributed by atoms with Gasteiger partial charge < -0.3 is 5.02 Å². The first kappa shape index (κ1) is 11.0. The van der Waals surface area contributed by atoms with Crippen molar-refractivity contribution < 1.29 is 5.02 Å². The van der Waals surface area contributed by atoms with Crippen LogP contribution in [0.15, 0.2) is 60.7 Å². The highest BCUT2D eigenvalue weighted by atomic mass is 16.2. The summed E-state index contributed by atoms with van der Waals surface area (Å²) in [5, 5.41) is 9.96. The lowest BCUT2D eigenvalue weighted by molar-refractivity contribution is 0.565. The minimum absolute atomic E-state index is 0.301. The Balaban J connectivity index is 1.92. The van der Waals surface area contributed by atoms with Crippen molar-refractivity contribution >= 4 is 6.92 Å². The molecule has 2 aromatic rings. The van der Waals surface area contributed by atoms with Crippen LogP contribution in [0.5, 0.6) is 0 Å². The molecule has 0 bridgehead atoms. The van der Waals surface area contributed by atoms with E-state index in [4.69, 9.17) is 0 Å². The fraction of sp³-hybridized carbons (Fsp3) is 0.143. The molecule has 0 amide bonds. The largest absolute Gasteiger partial charge is 0.450 e. The van der Waals surface area contributed by atoms with E-state index in [0.717, 1.165) is 12.6 Å². The third-order valence-electron chi connectivity index (χ3n) is 2.63. The number of hydrogen-bond acceptors (Lipinski definition) is 1. The standard InChI is InChI=1S/C14H15BO/c16-15(11-13-7-3-1-4-8-13)12-14-9-5-2-6-10-14/h1-10,16H,11-12H2. The van der Waals surface area contributed by atoms with Crippen LogP contribution in [0.25, 0.3) is 0 Å². The van der Waals surface area contributed by atoms with E-state index in [9.17, 15) is 5.02 Å². The van der Waals surface area contributed by atoms with Gasteiger partial charge in [0.15, 0.2) is 0 Å². The molecule has 16 heavy (non-hydrogen) atoms. The topological polar surface area (TPSA) is 20.2 Å². The average Bonchev–Trinajstić information content (AvgIpc) is 2.31. The summed E-state index contributed by atoms with van der Waals surface area (Å²) in [5.74, 6) is 0. The van der Waals surface area contributed by atoms with E-state index in [0.29, 0.717) is 0 Å². The molecule has 80 valence electrons. The molecule has 0 unspecified atom stereocenters. The van der Waals surface area contributed by atoms with Crippen LogP contribution in [-0.2, 0) is 12.6 Å². The molecular weight excluding hydrogens is 195 g/mol. The van der Waals surface area contributed by atoms with Gasteiger partial charge in [-0.3, -0.25) is 0 Å². The minimum atomic E-state index is -0.301. The fourth-order valence-corrected chi connectivity index (χ4v) is 1.84. The van der Waals surface area contributed by atoms with Gasteiger partial charge in [0.1, 0.15) is 0 Å². The lowest BCUT2D eigenvalue weighted by atomic mass is 9.59. The highest BCUT2D eigenvalue weighted by Crippen LogP contribution is 2.06. The number of rotatable bonds is 4. The van der Waals surface area contributed by atoms with Gasteiger partial charge in [0.05, 0.1) is 0 Å². The summed E-state index contributed by atoms with van der Waals surface area (Å²) in [6, 6.07) is 20.2. The molecule has 0 fully saturated rings. The van der Waals surface area contributed by atoms with Crippen LogP contribution in [0.2, 0.25) is 0 Å². The second-order valence-corrected chi connectivity index (χ2v) is 4.03. The summed E-state index contributed by atoms with van der Waals surface area (Å²) >= 11 is 0. The highest BCUT2D eigenvalue weighted by Gasteiger charge is 2.11. The Morgan fingerprint density at radius 3 is 1.44 bits per heavy atom. The van der Waals surface area contributed by atoms with Crippen LogP contribution in [0, 0.1) is 0 Å². The van der Waals surface area contributed by atoms with Gasteiger partial charge in [-0.25, -0.2) is 0 Å². The van der Waals surface area contributed by atoms with Gasteiger partial charge in [-0.2, -0.15) is 0 Å². The molecule has 0 spiro atoms. The van der Waals surface area contributed by atoms with E-state index >= 15 is 0 Å². The maximum absolute atomic E-state index is 9.96. The van der Waals surface area contributed by atoms with Crippen LogP contribution in [0.3, 0.4) is 0 Å². The van der Waals surface area contributed by atoms with E-state index in [-0.39, 0.29) is 6.92 Å². The molecule has 0 radical (unpaired) electrons. The third kappa shape index (κ3) is 3.25. The van der Waals surface area contributed by atoms with Crippen molar-refractivity contribution in [2.75, 3.05) is 0 Å². The molecule has 0 atom stereocenters. The van der Waals surface area contributed by atoms with Crippen molar-refractivity contribution in [3.8, 4) is 0 Å². The first-order valence-corrected chi connectivity index (χ1v) is 5.60. The second kappa shape index (κ2) is 5.52. The zero-order valence-corrected chi connectivity index (χ0v) is 9.21. The maximum atomic E-state index is 9.96. The zero-order valence-electron chi connectivity index (χ0n) is 9.21. The fourth-order valence-electron chi connectivity index (χ4n) is 1.84. The first-order valence-electron chi connectivity index (χ1n) is 5.60. The average molecular weight is 210 g/mol. The Kier molecular flexibility index (Phi) is 3.78. The molecule has 1 nitrogen and oxygen atoms in total. The quantitative estimate of drug-likeness (QED) is 0.768. The zero-order chi connectivity index (χ0) is 11.2. The van der Waals surface area contributed by atoms with Gasteiger partial charge in [0.25, 0.3) is 6.92 Å². The van der Waals surface area contributed by atoms with Crippen molar-refractivity contribution in [2.45, 2.75) is 12.6 Å². The van der Waals surface area contributed by atoms with Gasteiger partial charge in [-0.15, -0.1) is 0 Å². The molecule has 2 aromatic carbocycles. The van der Waals surface area contributed by atoms with Crippen molar-refractivity contribution in [1.82, 2.24) is 0 Å². The van der Waals surface area contributed by atoms with Crippen molar-refractivity contribution in [3.63, 3.8) is 0 Å². The van der Waals surface area contributed by atoms with Gasteiger partial charge in [0.2, 0.25) is 0 Å². The van der Waals surface area contributed by atoms with Gasteiger partial charge in [-0.1, -0.05) is 71.8 Å².